The SMILES string of the molecule is Cc1ccccc1-c1nnc(SCC(=O)NC(=O)c2cccs2)n1C. The molecule has 8 heteroatoms. The number of rotatable bonds is 5. The van der Waals surface area contributed by atoms with E-state index in [0.29, 0.717) is 10.0 Å². The Morgan fingerprint density at radius 1 is 1.20 bits per heavy atom. The van der Waals surface area contributed by atoms with E-state index in [4.69, 9.17) is 0 Å². The van der Waals surface area contributed by atoms with Crippen LogP contribution in [0.25, 0.3) is 11.4 Å². The number of carbonyl (C=O) groups is 2. The molecule has 0 saturated heterocycles. The number of thiophene rings is 1. The van der Waals surface area contributed by atoms with Gasteiger partial charge in [-0.05, 0) is 23.9 Å². The Morgan fingerprint density at radius 2 is 2.00 bits per heavy atom. The summed E-state index contributed by atoms with van der Waals surface area (Å²) in [6.07, 6.45) is 0. The molecule has 2 amide bonds. The average Bonchev–Trinajstić information content (AvgIpc) is 3.24. The van der Waals surface area contributed by atoms with Crippen LogP contribution in [0.2, 0.25) is 0 Å². The Balaban J connectivity index is 1.63. The first-order valence-corrected chi connectivity index (χ1v) is 9.38. The summed E-state index contributed by atoms with van der Waals surface area (Å²) in [7, 11) is 1.86. The predicted molar refractivity (Wildman–Crippen MR) is 98.7 cm³/mol. The number of benzene rings is 1. The van der Waals surface area contributed by atoms with Gasteiger partial charge in [-0.3, -0.25) is 14.9 Å². The Labute approximate surface area is 153 Å². The molecule has 0 aliphatic heterocycles. The second-order valence-electron chi connectivity index (χ2n) is 5.32. The molecule has 0 atom stereocenters. The number of aryl methyl sites for hydroxylation is 1. The molecular formula is C17H16N4O2S2. The second-order valence-corrected chi connectivity index (χ2v) is 7.21. The molecular weight excluding hydrogens is 356 g/mol. The maximum atomic E-state index is 12.0. The lowest BCUT2D eigenvalue weighted by molar-refractivity contribution is -0.117. The molecule has 0 radical (unpaired) electrons. The van der Waals surface area contributed by atoms with E-state index in [1.807, 2.05) is 42.8 Å². The smallest absolute Gasteiger partial charge is 0.267 e. The van der Waals surface area contributed by atoms with Crippen LogP contribution in [0.3, 0.4) is 0 Å². The van der Waals surface area contributed by atoms with Gasteiger partial charge in [0.2, 0.25) is 5.91 Å². The highest BCUT2D eigenvalue weighted by atomic mass is 32.2. The van der Waals surface area contributed by atoms with E-state index in [9.17, 15) is 9.59 Å². The van der Waals surface area contributed by atoms with E-state index in [1.165, 1.54) is 23.1 Å². The van der Waals surface area contributed by atoms with Gasteiger partial charge in [-0.1, -0.05) is 42.1 Å². The fraction of sp³-hybridized carbons (Fsp3) is 0.176. The molecule has 3 rings (SSSR count). The van der Waals surface area contributed by atoms with E-state index >= 15 is 0 Å². The Morgan fingerprint density at radius 3 is 2.72 bits per heavy atom. The lowest BCUT2D eigenvalue weighted by atomic mass is 10.1. The van der Waals surface area contributed by atoms with Crippen LogP contribution in [-0.4, -0.2) is 32.3 Å². The third-order valence-corrected chi connectivity index (χ3v) is 5.44. The molecule has 0 aliphatic rings. The van der Waals surface area contributed by atoms with Crippen LogP contribution >= 0.6 is 23.1 Å². The minimum atomic E-state index is -0.376. The molecule has 0 saturated carbocycles. The molecule has 25 heavy (non-hydrogen) atoms. The summed E-state index contributed by atoms with van der Waals surface area (Å²) < 4.78 is 1.85. The minimum Gasteiger partial charge on any atom is -0.305 e. The van der Waals surface area contributed by atoms with Gasteiger partial charge in [0.05, 0.1) is 10.6 Å². The number of aromatic nitrogens is 3. The standard InChI is InChI=1S/C17H16N4O2S2/c1-11-6-3-4-7-12(11)15-19-20-17(21(15)2)25-10-14(22)18-16(23)13-8-5-9-24-13/h3-9H,10H2,1-2H3,(H,18,22,23). The highest BCUT2D eigenvalue weighted by molar-refractivity contribution is 7.99. The minimum absolute atomic E-state index is 0.0941. The lowest BCUT2D eigenvalue weighted by Crippen LogP contribution is -2.31. The molecule has 0 unspecified atom stereocenters. The molecule has 128 valence electrons. The van der Waals surface area contributed by atoms with E-state index in [0.717, 1.165) is 17.0 Å². The molecule has 0 bridgehead atoms. The van der Waals surface area contributed by atoms with Crippen LogP contribution in [-0.2, 0) is 11.8 Å². The van der Waals surface area contributed by atoms with E-state index < -0.39 is 0 Å². The van der Waals surface area contributed by atoms with Crippen molar-refractivity contribution in [3.63, 3.8) is 0 Å². The summed E-state index contributed by atoms with van der Waals surface area (Å²) >= 11 is 2.54. The zero-order valence-electron chi connectivity index (χ0n) is 13.7. The molecule has 3 aromatic rings. The lowest BCUT2D eigenvalue weighted by Gasteiger charge is -2.06. The zero-order chi connectivity index (χ0) is 17.8. The van der Waals surface area contributed by atoms with Crippen molar-refractivity contribution in [2.75, 3.05) is 5.75 Å². The van der Waals surface area contributed by atoms with Gasteiger partial charge >= 0.3 is 0 Å². The van der Waals surface area contributed by atoms with Crippen LogP contribution in [0.4, 0.5) is 0 Å². The molecule has 6 nitrogen and oxygen atoms in total. The number of hydrogen-bond donors (Lipinski definition) is 1. The van der Waals surface area contributed by atoms with Gasteiger partial charge in [-0.25, -0.2) is 0 Å². The first kappa shape index (κ1) is 17.4. The number of amides is 2. The second kappa shape index (κ2) is 7.62. The highest BCUT2D eigenvalue weighted by Crippen LogP contribution is 2.24. The topological polar surface area (TPSA) is 76.9 Å². The van der Waals surface area contributed by atoms with Gasteiger partial charge in [0.15, 0.2) is 11.0 Å². The number of hydrogen-bond acceptors (Lipinski definition) is 6. The quantitative estimate of drug-likeness (QED) is 0.697. The van der Waals surface area contributed by atoms with E-state index in [1.54, 1.807) is 17.5 Å². The van der Waals surface area contributed by atoms with Crippen molar-refractivity contribution < 1.29 is 9.59 Å². The summed E-state index contributed by atoms with van der Waals surface area (Å²) in [5.74, 6) is 0.107. The molecule has 0 aliphatic carbocycles. The largest absolute Gasteiger partial charge is 0.305 e. The van der Waals surface area contributed by atoms with Gasteiger partial charge in [0, 0.05) is 12.6 Å². The first-order valence-electron chi connectivity index (χ1n) is 7.52. The summed E-state index contributed by atoms with van der Waals surface area (Å²) in [6.45, 7) is 2.01. The first-order chi connectivity index (χ1) is 12.1. The number of nitrogens with zero attached hydrogens (tertiary/aromatic N) is 3. The van der Waals surface area contributed by atoms with Crippen molar-refractivity contribution in [1.29, 1.82) is 0 Å². The molecule has 0 spiro atoms. The van der Waals surface area contributed by atoms with Crippen LogP contribution in [0.15, 0.2) is 46.9 Å². The Bertz CT molecular complexity index is 903. The normalized spacial score (nSPS) is 10.6. The zero-order valence-corrected chi connectivity index (χ0v) is 15.4. The summed E-state index contributed by atoms with van der Waals surface area (Å²) in [6, 6.07) is 11.4. The van der Waals surface area contributed by atoms with Crippen LogP contribution in [0.5, 0.6) is 0 Å². The third kappa shape index (κ3) is 3.97. The third-order valence-electron chi connectivity index (χ3n) is 3.55. The fourth-order valence-electron chi connectivity index (χ4n) is 2.26. The van der Waals surface area contributed by atoms with Crippen molar-refractivity contribution in [2.45, 2.75) is 12.1 Å². The molecule has 0 fully saturated rings. The number of thioether (sulfide) groups is 1. The Kier molecular flexibility index (Phi) is 5.30. The van der Waals surface area contributed by atoms with Crippen molar-refractivity contribution >= 4 is 34.9 Å². The average molecular weight is 372 g/mol. The number of carbonyl (C=O) groups excluding carboxylic acids is 2. The molecule has 1 aromatic carbocycles. The van der Waals surface area contributed by atoms with E-state index in [-0.39, 0.29) is 17.6 Å². The summed E-state index contributed by atoms with van der Waals surface area (Å²) in [4.78, 5) is 24.3. The van der Waals surface area contributed by atoms with Gasteiger partial charge < -0.3 is 4.57 Å². The maximum Gasteiger partial charge on any atom is 0.267 e. The van der Waals surface area contributed by atoms with Crippen molar-refractivity contribution in [3.8, 4) is 11.4 Å². The number of nitrogens with one attached hydrogen (secondary N) is 1. The maximum absolute atomic E-state index is 12.0. The predicted octanol–water partition coefficient (Wildman–Crippen LogP) is 2.90. The van der Waals surface area contributed by atoms with Gasteiger partial charge in [-0.2, -0.15) is 0 Å². The summed E-state index contributed by atoms with van der Waals surface area (Å²) in [5.41, 5.74) is 2.11. The highest BCUT2D eigenvalue weighted by Gasteiger charge is 2.16. The molecule has 2 heterocycles. The van der Waals surface area contributed by atoms with Crippen LogP contribution in [0.1, 0.15) is 15.2 Å². The van der Waals surface area contributed by atoms with E-state index in [2.05, 4.69) is 15.5 Å². The fourth-order valence-corrected chi connectivity index (χ4v) is 3.59. The van der Waals surface area contributed by atoms with Gasteiger partial charge in [0.1, 0.15) is 0 Å². The molecule has 1 N–H and O–H groups in total. The van der Waals surface area contributed by atoms with Gasteiger partial charge in [0.25, 0.3) is 5.91 Å². The van der Waals surface area contributed by atoms with Crippen molar-refractivity contribution in [2.24, 2.45) is 7.05 Å². The Hall–Kier alpha value is -2.45. The summed E-state index contributed by atoms with van der Waals surface area (Å²) in [5, 5.41) is 13.2. The van der Waals surface area contributed by atoms with Crippen LogP contribution in [0, 0.1) is 6.92 Å². The van der Waals surface area contributed by atoms with Gasteiger partial charge in [-0.15, -0.1) is 21.5 Å². The number of imide groups is 1. The molecule has 2 aromatic heterocycles. The monoisotopic (exact) mass is 372 g/mol. The van der Waals surface area contributed by atoms with Crippen molar-refractivity contribution in [3.05, 3.63) is 52.2 Å². The van der Waals surface area contributed by atoms with Crippen LogP contribution < -0.4 is 5.32 Å². The van der Waals surface area contributed by atoms with Crippen molar-refractivity contribution in [1.82, 2.24) is 20.1 Å².